The molecule has 0 bridgehead atoms. The minimum atomic E-state index is -0.414. The van der Waals surface area contributed by atoms with Gasteiger partial charge < -0.3 is 4.74 Å². The first kappa shape index (κ1) is 11.3. The van der Waals surface area contributed by atoms with Gasteiger partial charge in [-0.25, -0.2) is 0 Å². The largest absolute Gasteiger partial charge is 0.449 e. The molecule has 1 aromatic carbocycles. The topological polar surface area (TPSA) is 26.3 Å². The fourth-order valence-corrected chi connectivity index (χ4v) is 1.32. The van der Waals surface area contributed by atoms with E-state index in [2.05, 4.69) is 5.92 Å². The molecule has 0 aliphatic carbocycles. The monoisotopic (exact) mass is 202 g/mol. The van der Waals surface area contributed by atoms with Gasteiger partial charge in [-0.2, -0.15) is 0 Å². The van der Waals surface area contributed by atoms with Gasteiger partial charge in [-0.05, 0) is 18.4 Å². The van der Waals surface area contributed by atoms with Crippen molar-refractivity contribution < 1.29 is 9.53 Å². The molecular formula is C13H14O2. The first-order valence-electron chi connectivity index (χ1n) is 4.89. The van der Waals surface area contributed by atoms with Crippen LogP contribution in [0.5, 0.6) is 0 Å². The van der Waals surface area contributed by atoms with E-state index in [9.17, 15) is 4.79 Å². The maximum Gasteiger partial charge on any atom is 0.303 e. The molecule has 2 heteroatoms. The molecule has 0 heterocycles. The number of hydrogen-bond acceptors (Lipinski definition) is 2. The molecule has 0 N–H and O–H groups in total. The second kappa shape index (κ2) is 5.87. The summed E-state index contributed by atoms with van der Waals surface area (Å²) in [5.74, 6) is 2.13. The van der Waals surface area contributed by atoms with Gasteiger partial charge in [0.25, 0.3) is 0 Å². The Morgan fingerprint density at radius 3 is 2.67 bits per heavy atom. The van der Waals surface area contributed by atoms with Crippen molar-refractivity contribution in [2.45, 2.75) is 25.9 Å². The van der Waals surface area contributed by atoms with Gasteiger partial charge in [0, 0.05) is 6.92 Å². The van der Waals surface area contributed by atoms with Crippen molar-refractivity contribution in [3.05, 3.63) is 35.9 Å². The van der Waals surface area contributed by atoms with Crippen LogP contribution in [0, 0.1) is 12.3 Å². The van der Waals surface area contributed by atoms with E-state index in [0.717, 1.165) is 6.42 Å². The molecule has 78 valence electrons. The van der Waals surface area contributed by atoms with Gasteiger partial charge in [0.05, 0.1) is 0 Å². The summed E-state index contributed by atoms with van der Waals surface area (Å²) in [6.45, 7) is 1.37. The average molecular weight is 202 g/mol. The molecule has 0 saturated carbocycles. The van der Waals surface area contributed by atoms with Crippen LogP contribution in [0.1, 0.15) is 18.9 Å². The summed E-state index contributed by atoms with van der Waals surface area (Å²) < 4.78 is 4.95. The molecule has 0 aliphatic heterocycles. The average Bonchev–Trinajstić information content (AvgIpc) is 2.25. The zero-order valence-corrected chi connectivity index (χ0v) is 8.77. The number of ether oxygens (including phenoxy) is 1. The molecule has 0 fully saturated rings. The van der Waals surface area contributed by atoms with Gasteiger partial charge in [-0.3, -0.25) is 4.79 Å². The third-order valence-corrected chi connectivity index (χ3v) is 2.03. The minimum absolute atomic E-state index is 0.328. The molecule has 0 radical (unpaired) electrons. The number of carbonyl (C=O) groups is 1. The van der Waals surface area contributed by atoms with Crippen LogP contribution in [0.15, 0.2) is 30.3 Å². The second-order valence-electron chi connectivity index (χ2n) is 3.29. The quantitative estimate of drug-likeness (QED) is 0.552. The highest BCUT2D eigenvalue weighted by Gasteiger charge is 2.07. The first-order valence-corrected chi connectivity index (χ1v) is 4.89. The number of benzene rings is 1. The summed E-state index contributed by atoms with van der Waals surface area (Å²) in [5.41, 5.74) is 1.20. The molecule has 2 nitrogen and oxygen atoms in total. The maximum atomic E-state index is 10.7. The Labute approximate surface area is 90.3 Å². The Bertz CT molecular complexity index is 349. The third-order valence-electron chi connectivity index (χ3n) is 2.03. The lowest BCUT2D eigenvalue weighted by atomic mass is 10.1. The van der Waals surface area contributed by atoms with E-state index in [-0.39, 0.29) is 5.97 Å². The van der Waals surface area contributed by atoms with Gasteiger partial charge in [-0.1, -0.05) is 36.3 Å². The van der Waals surface area contributed by atoms with Crippen molar-refractivity contribution in [1.29, 1.82) is 0 Å². The molecule has 1 rings (SSSR count). The fourth-order valence-electron chi connectivity index (χ4n) is 1.32. The number of esters is 1. The van der Waals surface area contributed by atoms with Crippen molar-refractivity contribution in [3.63, 3.8) is 0 Å². The van der Waals surface area contributed by atoms with Gasteiger partial charge >= 0.3 is 5.97 Å². The molecule has 1 aromatic rings. The van der Waals surface area contributed by atoms with Crippen molar-refractivity contribution in [1.82, 2.24) is 0 Å². The van der Waals surface area contributed by atoms with Crippen molar-refractivity contribution in [2.75, 3.05) is 0 Å². The summed E-state index contributed by atoms with van der Waals surface area (Å²) >= 11 is 0. The van der Waals surface area contributed by atoms with Gasteiger partial charge in [0.15, 0.2) is 6.10 Å². The summed E-state index contributed by atoms with van der Waals surface area (Å²) in [6.07, 6.45) is 6.33. The van der Waals surface area contributed by atoms with Crippen LogP contribution in [-0.2, 0) is 16.0 Å². The van der Waals surface area contributed by atoms with Crippen LogP contribution in [0.25, 0.3) is 0 Å². The predicted octanol–water partition coefficient (Wildman–Crippen LogP) is 2.18. The Hall–Kier alpha value is -1.75. The second-order valence-corrected chi connectivity index (χ2v) is 3.29. The lowest BCUT2D eigenvalue weighted by molar-refractivity contribution is -0.143. The first-order chi connectivity index (χ1) is 7.22. The zero-order valence-electron chi connectivity index (χ0n) is 8.77. The van der Waals surface area contributed by atoms with Crippen molar-refractivity contribution >= 4 is 5.97 Å². The highest BCUT2D eigenvalue weighted by molar-refractivity contribution is 5.66. The molecule has 0 saturated heterocycles. The van der Waals surface area contributed by atoms with Crippen LogP contribution >= 0.6 is 0 Å². The Morgan fingerprint density at radius 2 is 2.13 bits per heavy atom. The van der Waals surface area contributed by atoms with E-state index < -0.39 is 6.10 Å². The standard InChI is InChI=1S/C13H14O2/c1-3-13(15-11(2)14)10-9-12-7-5-4-6-8-12/h1,4-8,13H,9-10H2,2H3. The maximum absolute atomic E-state index is 10.7. The summed E-state index contributed by atoms with van der Waals surface area (Å²) in [5, 5.41) is 0. The van der Waals surface area contributed by atoms with Gasteiger partial charge in [0.1, 0.15) is 0 Å². The minimum Gasteiger partial charge on any atom is -0.449 e. The number of aryl methyl sites for hydroxylation is 1. The summed E-state index contributed by atoms with van der Waals surface area (Å²) in [6, 6.07) is 9.98. The van der Waals surface area contributed by atoms with E-state index >= 15 is 0 Å². The molecule has 15 heavy (non-hydrogen) atoms. The number of terminal acetylenes is 1. The third kappa shape index (κ3) is 4.33. The van der Waals surface area contributed by atoms with Crippen LogP contribution in [-0.4, -0.2) is 12.1 Å². The van der Waals surface area contributed by atoms with E-state index in [1.165, 1.54) is 12.5 Å². The normalized spacial score (nSPS) is 11.5. The number of hydrogen-bond donors (Lipinski definition) is 0. The van der Waals surface area contributed by atoms with E-state index in [4.69, 9.17) is 11.2 Å². The van der Waals surface area contributed by atoms with E-state index in [1.807, 2.05) is 30.3 Å². The van der Waals surface area contributed by atoms with Crippen molar-refractivity contribution in [2.24, 2.45) is 0 Å². The lowest BCUT2D eigenvalue weighted by Crippen LogP contribution is -2.14. The fraction of sp³-hybridized carbons (Fsp3) is 0.308. The summed E-state index contributed by atoms with van der Waals surface area (Å²) in [4.78, 5) is 10.7. The SMILES string of the molecule is C#CC(CCc1ccccc1)OC(C)=O. The molecule has 0 aliphatic rings. The van der Waals surface area contributed by atoms with E-state index in [1.54, 1.807) is 0 Å². The van der Waals surface area contributed by atoms with Crippen LogP contribution in [0.4, 0.5) is 0 Å². The van der Waals surface area contributed by atoms with Crippen LogP contribution in [0.2, 0.25) is 0 Å². The lowest BCUT2D eigenvalue weighted by Gasteiger charge is -2.10. The molecular weight excluding hydrogens is 188 g/mol. The van der Waals surface area contributed by atoms with Crippen molar-refractivity contribution in [3.8, 4) is 12.3 Å². The Morgan fingerprint density at radius 1 is 1.47 bits per heavy atom. The predicted molar refractivity (Wildman–Crippen MR) is 59.2 cm³/mol. The highest BCUT2D eigenvalue weighted by Crippen LogP contribution is 2.07. The summed E-state index contributed by atoms with van der Waals surface area (Å²) in [7, 11) is 0. The molecule has 1 atom stereocenters. The smallest absolute Gasteiger partial charge is 0.303 e. The van der Waals surface area contributed by atoms with Crippen LogP contribution in [0.3, 0.4) is 0 Å². The van der Waals surface area contributed by atoms with Gasteiger partial charge in [0.2, 0.25) is 0 Å². The van der Waals surface area contributed by atoms with E-state index in [0.29, 0.717) is 6.42 Å². The van der Waals surface area contributed by atoms with Gasteiger partial charge in [-0.15, -0.1) is 6.42 Å². The molecule has 1 unspecified atom stereocenters. The number of carbonyl (C=O) groups excluding carboxylic acids is 1. The molecule has 0 aromatic heterocycles. The highest BCUT2D eigenvalue weighted by atomic mass is 16.5. The molecule has 0 amide bonds. The number of rotatable bonds is 4. The van der Waals surface area contributed by atoms with Crippen LogP contribution < -0.4 is 0 Å². The Kier molecular flexibility index (Phi) is 4.43. The zero-order chi connectivity index (χ0) is 11.1. The Balaban J connectivity index is 2.42. The molecule has 0 spiro atoms.